The average molecular weight is 376 g/mol. The molecule has 0 aliphatic heterocycles. The van der Waals surface area contributed by atoms with Gasteiger partial charge in [0.25, 0.3) is 0 Å². The maximum atomic E-state index is 12.0. The lowest BCUT2D eigenvalue weighted by molar-refractivity contribution is 0.0596. The van der Waals surface area contributed by atoms with Gasteiger partial charge in [0.05, 0.1) is 24.0 Å². The summed E-state index contributed by atoms with van der Waals surface area (Å²) in [5.74, 6) is -0.525. The highest BCUT2D eigenvalue weighted by molar-refractivity contribution is 5.92. The molecule has 0 spiro atoms. The van der Waals surface area contributed by atoms with Crippen molar-refractivity contribution < 1.29 is 19.2 Å². The molecule has 1 aromatic heterocycles. The lowest BCUT2D eigenvalue weighted by Crippen LogP contribution is -2.10. The van der Waals surface area contributed by atoms with Crippen LogP contribution in [-0.2, 0) is 4.84 Å². The number of ether oxygens (including phenoxy) is 1. The van der Waals surface area contributed by atoms with Gasteiger partial charge in [-0.1, -0.05) is 12.1 Å². The molecule has 1 N–H and O–H groups in total. The summed E-state index contributed by atoms with van der Waals surface area (Å²) in [6.45, 7) is 0. The SMILES string of the molecule is COc1cccc(C(=O)ONc2ccc(N=NC(=O)c3ccccn3)cc2)c1. The number of rotatable bonds is 6. The van der Waals surface area contributed by atoms with Gasteiger partial charge < -0.3 is 9.57 Å². The largest absolute Gasteiger partial charge is 0.497 e. The van der Waals surface area contributed by atoms with E-state index in [9.17, 15) is 9.59 Å². The number of aromatic nitrogens is 1. The molecule has 0 bridgehead atoms. The second kappa shape index (κ2) is 9.04. The van der Waals surface area contributed by atoms with Gasteiger partial charge in [0.15, 0.2) is 0 Å². The van der Waals surface area contributed by atoms with Gasteiger partial charge in [-0.05, 0) is 54.6 Å². The number of anilines is 1. The zero-order chi connectivity index (χ0) is 19.8. The second-order valence-corrected chi connectivity index (χ2v) is 5.49. The zero-order valence-electron chi connectivity index (χ0n) is 14.9. The maximum Gasteiger partial charge on any atom is 0.362 e. The minimum absolute atomic E-state index is 0.217. The Hall–Kier alpha value is -4.07. The van der Waals surface area contributed by atoms with Gasteiger partial charge in [0.1, 0.15) is 11.4 Å². The third kappa shape index (κ3) is 4.98. The highest BCUT2D eigenvalue weighted by Gasteiger charge is 2.09. The molecule has 0 fully saturated rings. The number of pyridine rings is 1. The molecular weight excluding hydrogens is 360 g/mol. The molecule has 0 atom stereocenters. The minimum atomic E-state index is -0.552. The molecule has 140 valence electrons. The second-order valence-electron chi connectivity index (χ2n) is 5.49. The third-order valence-corrected chi connectivity index (χ3v) is 3.57. The zero-order valence-corrected chi connectivity index (χ0v) is 14.9. The molecule has 0 saturated carbocycles. The van der Waals surface area contributed by atoms with Crippen molar-refractivity contribution in [1.29, 1.82) is 0 Å². The number of benzene rings is 2. The van der Waals surface area contributed by atoms with Gasteiger partial charge in [0, 0.05) is 6.20 Å². The Morgan fingerprint density at radius 2 is 1.82 bits per heavy atom. The van der Waals surface area contributed by atoms with Gasteiger partial charge in [-0.2, -0.15) is 0 Å². The Kier molecular flexibility index (Phi) is 6.04. The number of hydrogen-bond donors (Lipinski definition) is 1. The average Bonchev–Trinajstić information content (AvgIpc) is 2.77. The van der Waals surface area contributed by atoms with Gasteiger partial charge in [-0.25, -0.2) is 10.3 Å². The Labute approximate surface area is 160 Å². The van der Waals surface area contributed by atoms with Crippen molar-refractivity contribution in [3.8, 4) is 5.75 Å². The summed E-state index contributed by atoms with van der Waals surface area (Å²) in [5.41, 5.74) is 4.13. The van der Waals surface area contributed by atoms with Crippen LogP contribution in [0.4, 0.5) is 11.4 Å². The topological polar surface area (TPSA) is 102 Å². The number of carbonyl (C=O) groups is 2. The van der Waals surface area contributed by atoms with E-state index in [4.69, 9.17) is 9.57 Å². The molecule has 3 rings (SSSR count). The van der Waals surface area contributed by atoms with Crippen LogP contribution < -0.4 is 10.2 Å². The van der Waals surface area contributed by atoms with Crippen LogP contribution in [0.5, 0.6) is 5.75 Å². The third-order valence-electron chi connectivity index (χ3n) is 3.57. The number of carbonyl (C=O) groups excluding carboxylic acids is 2. The molecule has 2 aromatic carbocycles. The summed E-state index contributed by atoms with van der Waals surface area (Å²) in [6.07, 6.45) is 1.51. The molecule has 1 amide bonds. The van der Waals surface area contributed by atoms with E-state index < -0.39 is 11.9 Å². The molecule has 8 nitrogen and oxygen atoms in total. The Balaban J connectivity index is 1.56. The quantitative estimate of drug-likeness (QED) is 0.511. The first-order valence-electron chi connectivity index (χ1n) is 8.24. The van der Waals surface area contributed by atoms with E-state index in [0.717, 1.165) is 0 Å². The van der Waals surface area contributed by atoms with Crippen LogP contribution in [-0.4, -0.2) is 24.0 Å². The van der Waals surface area contributed by atoms with E-state index in [1.54, 1.807) is 66.7 Å². The fourth-order valence-electron chi connectivity index (χ4n) is 2.15. The smallest absolute Gasteiger partial charge is 0.362 e. The molecule has 0 saturated heterocycles. The molecule has 28 heavy (non-hydrogen) atoms. The first-order chi connectivity index (χ1) is 13.7. The van der Waals surface area contributed by atoms with E-state index in [1.165, 1.54) is 13.3 Å². The van der Waals surface area contributed by atoms with Crippen molar-refractivity contribution in [2.75, 3.05) is 12.6 Å². The van der Waals surface area contributed by atoms with Crippen LogP contribution in [0.25, 0.3) is 0 Å². The molecule has 0 aliphatic carbocycles. The number of azo groups is 1. The molecule has 8 heteroatoms. The highest BCUT2D eigenvalue weighted by atomic mass is 16.7. The molecule has 1 heterocycles. The summed E-state index contributed by atoms with van der Waals surface area (Å²) in [7, 11) is 1.52. The molecule has 0 unspecified atom stereocenters. The van der Waals surface area contributed by atoms with E-state index in [2.05, 4.69) is 20.7 Å². The number of amides is 1. The Morgan fingerprint density at radius 3 is 2.54 bits per heavy atom. The minimum Gasteiger partial charge on any atom is -0.497 e. The molecule has 0 radical (unpaired) electrons. The number of methoxy groups -OCH3 is 1. The fourth-order valence-corrected chi connectivity index (χ4v) is 2.15. The van der Waals surface area contributed by atoms with Crippen molar-refractivity contribution in [2.24, 2.45) is 10.2 Å². The van der Waals surface area contributed by atoms with Crippen LogP contribution in [0.2, 0.25) is 0 Å². The molecule has 0 aliphatic rings. The first-order valence-corrected chi connectivity index (χ1v) is 8.24. The summed E-state index contributed by atoms with van der Waals surface area (Å²) >= 11 is 0. The molecule has 3 aromatic rings. The monoisotopic (exact) mass is 376 g/mol. The summed E-state index contributed by atoms with van der Waals surface area (Å²) in [6, 6.07) is 18.1. The Morgan fingerprint density at radius 1 is 1.00 bits per heavy atom. The van der Waals surface area contributed by atoms with E-state index >= 15 is 0 Å². The van der Waals surface area contributed by atoms with Crippen molar-refractivity contribution >= 4 is 23.3 Å². The number of nitrogens with zero attached hydrogens (tertiary/aromatic N) is 3. The van der Waals surface area contributed by atoms with Crippen LogP contribution in [0.3, 0.4) is 0 Å². The van der Waals surface area contributed by atoms with E-state index in [-0.39, 0.29) is 5.69 Å². The standard InChI is InChI=1S/C20H16N4O4/c1-27-17-6-4-5-14(13-17)20(26)28-24-16-10-8-15(9-11-16)22-23-19(25)18-7-2-3-12-21-18/h2-13,24H,1H3. The van der Waals surface area contributed by atoms with Gasteiger partial charge in [0.2, 0.25) is 0 Å². The van der Waals surface area contributed by atoms with Gasteiger partial charge >= 0.3 is 11.9 Å². The summed E-state index contributed by atoms with van der Waals surface area (Å²) < 4.78 is 5.07. The van der Waals surface area contributed by atoms with Crippen LogP contribution in [0, 0.1) is 0 Å². The van der Waals surface area contributed by atoms with Crippen molar-refractivity contribution in [1.82, 2.24) is 4.98 Å². The van der Waals surface area contributed by atoms with Crippen molar-refractivity contribution in [3.05, 3.63) is 84.2 Å². The lowest BCUT2D eigenvalue weighted by Gasteiger charge is -2.07. The Bertz CT molecular complexity index is 989. The molecular formula is C20H16N4O4. The summed E-state index contributed by atoms with van der Waals surface area (Å²) in [5, 5.41) is 7.50. The lowest BCUT2D eigenvalue weighted by atomic mass is 10.2. The predicted octanol–water partition coefficient (Wildman–Crippen LogP) is 4.20. The number of nitrogens with one attached hydrogen (secondary N) is 1. The van der Waals surface area contributed by atoms with Crippen molar-refractivity contribution in [2.45, 2.75) is 0 Å². The predicted molar refractivity (Wildman–Crippen MR) is 102 cm³/mol. The highest BCUT2D eigenvalue weighted by Crippen LogP contribution is 2.18. The van der Waals surface area contributed by atoms with Crippen LogP contribution in [0.1, 0.15) is 20.8 Å². The van der Waals surface area contributed by atoms with Gasteiger partial charge in [-0.15, -0.1) is 10.2 Å². The first kappa shape index (κ1) is 18.7. The fraction of sp³-hybridized carbons (Fsp3) is 0.0500. The number of hydrogen-bond acceptors (Lipinski definition) is 7. The normalized spacial score (nSPS) is 10.5. The van der Waals surface area contributed by atoms with E-state index in [1.807, 2.05) is 0 Å². The van der Waals surface area contributed by atoms with Crippen LogP contribution in [0.15, 0.2) is 83.2 Å². The van der Waals surface area contributed by atoms with Gasteiger partial charge in [-0.3, -0.25) is 9.78 Å². The van der Waals surface area contributed by atoms with Crippen LogP contribution >= 0.6 is 0 Å². The van der Waals surface area contributed by atoms with E-state index in [0.29, 0.717) is 22.7 Å². The maximum absolute atomic E-state index is 12.0. The van der Waals surface area contributed by atoms with Crippen molar-refractivity contribution in [3.63, 3.8) is 0 Å². The summed E-state index contributed by atoms with van der Waals surface area (Å²) in [4.78, 5) is 32.8.